The second kappa shape index (κ2) is 7.57. The number of anilines is 1. The fourth-order valence-electron chi connectivity index (χ4n) is 2.57. The van der Waals surface area contributed by atoms with Gasteiger partial charge < -0.3 is 10.1 Å². The van der Waals surface area contributed by atoms with Gasteiger partial charge in [-0.25, -0.2) is 4.98 Å². The maximum Gasteiger partial charge on any atom is 0.224 e. The molecule has 0 radical (unpaired) electrons. The molecule has 0 aliphatic carbocycles. The molecule has 4 nitrogen and oxygen atoms in total. The summed E-state index contributed by atoms with van der Waals surface area (Å²) in [4.78, 5) is 27.4. The first-order valence-electron chi connectivity index (χ1n) is 8.28. The van der Waals surface area contributed by atoms with Crippen molar-refractivity contribution in [2.45, 2.75) is 33.1 Å². The van der Waals surface area contributed by atoms with Gasteiger partial charge in [-0.1, -0.05) is 6.07 Å². The van der Waals surface area contributed by atoms with E-state index in [1.165, 1.54) is 10.3 Å². The van der Waals surface area contributed by atoms with Crippen molar-refractivity contribution in [3.63, 3.8) is 0 Å². The van der Waals surface area contributed by atoms with Crippen molar-refractivity contribution < 1.29 is 9.59 Å². The first-order chi connectivity index (χ1) is 12.0. The Morgan fingerprint density at radius 1 is 1.08 bits per heavy atom. The monoisotopic (exact) mass is 352 g/mol. The number of amides is 1. The molecule has 0 saturated carbocycles. The lowest BCUT2D eigenvalue weighted by atomic mass is 10.1. The average molecular weight is 352 g/mol. The minimum Gasteiger partial charge on any atom is -0.326 e. The molecule has 0 fully saturated rings. The van der Waals surface area contributed by atoms with Gasteiger partial charge in [-0.3, -0.25) is 4.79 Å². The van der Waals surface area contributed by atoms with E-state index in [4.69, 9.17) is 0 Å². The standard InChI is InChI=1S/C20H20N2O2S/c1-13-6-11-17-18(12-13)25-20(22-17)15-7-9-16(10-8-15)21-19(24)5-3-4-14(2)23/h6-12H,3-5H2,1-2H3,(H,21,24). The van der Waals surface area contributed by atoms with Crippen LogP contribution in [0.5, 0.6) is 0 Å². The van der Waals surface area contributed by atoms with Crippen LogP contribution in [-0.2, 0) is 9.59 Å². The number of aromatic nitrogens is 1. The molecule has 0 bridgehead atoms. The summed E-state index contributed by atoms with van der Waals surface area (Å²) in [5.74, 6) is 0.0487. The lowest BCUT2D eigenvalue weighted by Gasteiger charge is -2.05. The summed E-state index contributed by atoms with van der Waals surface area (Å²) in [6.07, 6.45) is 1.40. The van der Waals surface area contributed by atoms with E-state index >= 15 is 0 Å². The van der Waals surface area contributed by atoms with Crippen molar-refractivity contribution in [1.29, 1.82) is 0 Å². The number of hydrogen-bond donors (Lipinski definition) is 1. The average Bonchev–Trinajstić information content (AvgIpc) is 2.98. The zero-order chi connectivity index (χ0) is 17.8. The van der Waals surface area contributed by atoms with Gasteiger partial charge in [-0.05, 0) is 62.2 Å². The zero-order valence-corrected chi connectivity index (χ0v) is 15.2. The summed E-state index contributed by atoms with van der Waals surface area (Å²) in [7, 11) is 0. The van der Waals surface area contributed by atoms with Crippen LogP contribution in [0.1, 0.15) is 31.7 Å². The Labute approximate surface area is 150 Å². The summed E-state index contributed by atoms with van der Waals surface area (Å²) < 4.78 is 1.18. The van der Waals surface area contributed by atoms with E-state index in [1.807, 2.05) is 30.3 Å². The zero-order valence-electron chi connectivity index (χ0n) is 14.3. The predicted octanol–water partition coefficient (Wildman–Crippen LogP) is 4.97. The minimum atomic E-state index is -0.0653. The number of rotatable bonds is 6. The lowest BCUT2D eigenvalue weighted by molar-refractivity contribution is -0.117. The van der Waals surface area contributed by atoms with Gasteiger partial charge in [-0.15, -0.1) is 11.3 Å². The largest absolute Gasteiger partial charge is 0.326 e. The van der Waals surface area contributed by atoms with E-state index in [9.17, 15) is 9.59 Å². The summed E-state index contributed by atoms with van der Waals surface area (Å²) in [5, 5.41) is 3.83. The van der Waals surface area contributed by atoms with Crippen molar-refractivity contribution in [3.05, 3.63) is 48.0 Å². The molecule has 3 aromatic rings. The number of hydrogen-bond acceptors (Lipinski definition) is 4. The third kappa shape index (κ3) is 4.51. The van der Waals surface area contributed by atoms with E-state index in [2.05, 4.69) is 29.4 Å². The number of aryl methyl sites for hydroxylation is 1. The van der Waals surface area contributed by atoms with E-state index in [1.54, 1.807) is 18.3 Å². The first-order valence-corrected chi connectivity index (χ1v) is 9.10. The third-order valence-corrected chi connectivity index (χ3v) is 4.96. The van der Waals surface area contributed by atoms with Crippen LogP contribution in [0.15, 0.2) is 42.5 Å². The molecular weight excluding hydrogens is 332 g/mol. The molecule has 1 aromatic heterocycles. The Balaban J connectivity index is 1.66. The molecule has 5 heteroatoms. The Kier molecular flexibility index (Phi) is 5.24. The van der Waals surface area contributed by atoms with Gasteiger partial charge in [0.15, 0.2) is 0 Å². The summed E-state index contributed by atoms with van der Waals surface area (Å²) >= 11 is 1.67. The molecule has 0 atom stereocenters. The van der Waals surface area contributed by atoms with Gasteiger partial charge in [0.05, 0.1) is 10.2 Å². The number of thiazole rings is 1. The fourth-order valence-corrected chi connectivity index (χ4v) is 3.64. The smallest absolute Gasteiger partial charge is 0.224 e. The Hall–Kier alpha value is -2.53. The van der Waals surface area contributed by atoms with Gasteiger partial charge in [0.25, 0.3) is 0 Å². The molecule has 0 aliphatic rings. The van der Waals surface area contributed by atoms with Crippen LogP contribution in [0.3, 0.4) is 0 Å². The second-order valence-electron chi connectivity index (χ2n) is 6.17. The molecule has 0 unspecified atom stereocenters. The van der Waals surface area contributed by atoms with E-state index in [-0.39, 0.29) is 11.7 Å². The molecule has 1 heterocycles. The minimum absolute atomic E-state index is 0.0653. The number of fused-ring (bicyclic) bond motifs is 1. The first kappa shape index (κ1) is 17.3. The van der Waals surface area contributed by atoms with Crippen LogP contribution in [0, 0.1) is 6.92 Å². The molecular formula is C20H20N2O2S. The second-order valence-corrected chi connectivity index (χ2v) is 7.20. The number of ketones is 1. The fraction of sp³-hybridized carbons (Fsp3) is 0.250. The van der Waals surface area contributed by atoms with Crippen molar-refractivity contribution in [3.8, 4) is 10.6 Å². The highest BCUT2D eigenvalue weighted by Gasteiger charge is 2.08. The van der Waals surface area contributed by atoms with Crippen LogP contribution >= 0.6 is 11.3 Å². The van der Waals surface area contributed by atoms with Crippen molar-refractivity contribution >= 4 is 38.9 Å². The van der Waals surface area contributed by atoms with Crippen molar-refractivity contribution in [1.82, 2.24) is 4.98 Å². The van der Waals surface area contributed by atoms with Crippen LogP contribution < -0.4 is 5.32 Å². The molecule has 3 rings (SSSR count). The number of nitrogens with zero attached hydrogens (tertiary/aromatic N) is 1. The summed E-state index contributed by atoms with van der Waals surface area (Å²) in [6, 6.07) is 14.0. The number of nitrogens with one attached hydrogen (secondary N) is 1. The highest BCUT2D eigenvalue weighted by molar-refractivity contribution is 7.21. The van der Waals surface area contributed by atoms with Gasteiger partial charge >= 0.3 is 0 Å². The van der Waals surface area contributed by atoms with Gasteiger partial charge in [-0.2, -0.15) is 0 Å². The Bertz CT molecular complexity index is 913. The molecule has 1 amide bonds. The molecule has 0 saturated heterocycles. The number of carbonyl (C=O) groups is 2. The molecule has 128 valence electrons. The van der Waals surface area contributed by atoms with Gasteiger partial charge in [0, 0.05) is 24.1 Å². The number of carbonyl (C=O) groups excluding carboxylic acids is 2. The Morgan fingerprint density at radius 3 is 2.56 bits per heavy atom. The SMILES string of the molecule is CC(=O)CCCC(=O)Nc1ccc(-c2nc3ccc(C)cc3s2)cc1. The maximum atomic E-state index is 11.9. The highest BCUT2D eigenvalue weighted by Crippen LogP contribution is 2.31. The number of benzene rings is 2. The maximum absolute atomic E-state index is 11.9. The lowest BCUT2D eigenvalue weighted by Crippen LogP contribution is -2.11. The van der Waals surface area contributed by atoms with Crippen LogP contribution in [0.2, 0.25) is 0 Å². The number of Topliss-reactive ketones (excluding diaryl/α,β-unsaturated/α-hetero) is 1. The quantitative estimate of drug-likeness (QED) is 0.681. The van der Waals surface area contributed by atoms with Crippen LogP contribution in [-0.4, -0.2) is 16.7 Å². The van der Waals surface area contributed by atoms with Crippen molar-refractivity contribution in [2.75, 3.05) is 5.32 Å². The normalized spacial score (nSPS) is 10.8. The van der Waals surface area contributed by atoms with Crippen LogP contribution in [0.4, 0.5) is 5.69 Å². The molecule has 2 aromatic carbocycles. The van der Waals surface area contributed by atoms with Crippen molar-refractivity contribution in [2.24, 2.45) is 0 Å². The highest BCUT2D eigenvalue weighted by atomic mass is 32.1. The molecule has 25 heavy (non-hydrogen) atoms. The summed E-state index contributed by atoms with van der Waals surface area (Å²) in [5.41, 5.74) is 4.03. The summed E-state index contributed by atoms with van der Waals surface area (Å²) in [6.45, 7) is 3.62. The van der Waals surface area contributed by atoms with E-state index in [0.29, 0.717) is 19.3 Å². The Morgan fingerprint density at radius 2 is 1.84 bits per heavy atom. The molecule has 0 spiro atoms. The van der Waals surface area contributed by atoms with Gasteiger partial charge in [0.1, 0.15) is 10.8 Å². The van der Waals surface area contributed by atoms with E-state index < -0.39 is 0 Å². The third-order valence-electron chi connectivity index (χ3n) is 3.89. The molecule has 0 aliphatic heterocycles. The van der Waals surface area contributed by atoms with Gasteiger partial charge in [0.2, 0.25) is 5.91 Å². The predicted molar refractivity (Wildman–Crippen MR) is 103 cm³/mol. The molecule has 1 N–H and O–H groups in total. The topological polar surface area (TPSA) is 59.1 Å². The van der Waals surface area contributed by atoms with E-state index in [0.717, 1.165) is 21.8 Å². The van der Waals surface area contributed by atoms with Crippen LogP contribution in [0.25, 0.3) is 20.8 Å².